The summed E-state index contributed by atoms with van der Waals surface area (Å²) in [6.45, 7) is 6.88. The number of ether oxygens (including phenoxy) is 1. The standard InChI is InChI=1S/C16H27NOS/c1-6-12(2)11-19-13(3)16(17-4)14-7-9-15(18-5)10-8-14/h7-10,12-13,16-17H,6,11H2,1-5H3. The fraction of sp³-hybridized carbons (Fsp3) is 0.625. The maximum Gasteiger partial charge on any atom is 0.118 e. The summed E-state index contributed by atoms with van der Waals surface area (Å²) in [6.07, 6.45) is 1.26. The molecule has 1 aromatic carbocycles. The van der Waals surface area contributed by atoms with E-state index in [1.807, 2.05) is 19.2 Å². The molecule has 0 radical (unpaired) electrons. The highest BCUT2D eigenvalue weighted by Crippen LogP contribution is 2.29. The number of thioether (sulfide) groups is 1. The molecule has 0 heterocycles. The van der Waals surface area contributed by atoms with E-state index in [9.17, 15) is 0 Å². The molecule has 0 bridgehead atoms. The molecule has 3 atom stereocenters. The molecule has 0 spiro atoms. The van der Waals surface area contributed by atoms with Crippen LogP contribution in [0.15, 0.2) is 24.3 Å². The topological polar surface area (TPSA) is 21.3 Å². The van der Waals surface area contributed by atoms with Crippen molar-refractivity contribution in [3.8, 4) is 5.75 Å². The molecule has 3 heteroatoms. The number of rotatable bonds is 8. The van der Waals surface area contributed by atoms with E-state index in [1.165, 1.54) is 17.7 Å². The van der Waals surface area contributed by atoms with E-state index in [-0.39, 0.29) is 0 Å². The molecule has 0 aliphatic rings. The van der Waals surface area contributed by atoms with Crippen molar-refractivity contribution in [3.05, 3.63) is 29.8 Å². The average molecular weight is 281 g/mol. The molecule has 3 unspecified atom stereocenters. The van der Waals surface area contributed by atoms with Crippen molar-refractivity contribution >= 4 is 11.8 Å². The average Bonchev–Trinajstić information content (AvgIpc) is 2.46. The lowest BCUT2D eigenvalue weighted by molar-refractivity contribution is 0.414. The van der Waals surface area contributed by atoms with E-state index in [0.29, 0.717) is 11.3 Å². The van der Waals surface area contributed by atoms with Crippen LogP contribution in [-0.2, 0) is 0 Å². The lowest BCUT2D eigenvalue weighted by Gasteiger charge is -2.25. The molecule has 2 nitrogen and oxygen atoms in total. The smallest absolute Gasteiger partial charge is 0.118 e. The first-order valence-corrected chi connectivity index (χ1v) is 8.10. The van der Waals surface area contributed by atoms with Gasteiger partial charge >= 0.3 is 0 Å². The maximum absolute atomic E-state index is 5.21. The van der Waals surface area contributed by atoms with E-state index in [0.717, 1.165) is 11.7 Å². The van der Waals surface area contributed by atoms with Gasteiger partial charge in [0.1, 0.15) is 5.75 Å². The molecule has 0 saturated carbocycles. The molecule has 0 fully saturated rings. The van der Waals surface area contributed by atoms with Gasteiger partial charge in [-0.3, -0.25) is 0 Å². The van der Waals surface area contributed by atoms with Crippen LogP contribution in [0.3, 0.4) is 0 Å². The molecule has 0 aliphatic heterocycles. The monoisotopic (exact) mass is 281 g/mol. The fourth-order valence-electron chi connectivity index (χ4n) is 2.01. The van der Waals surface area contributed by atoms with Crippen molar-refractivity contribution in [1.82, 2.24) is 5.32 Å². The van der Waals surface area contributed by atoms with Crippen LogP contribution in [0.2, 0.25) is 0 Å². The molecule has 0 saturated heterocycles. The quantitative estimate of drug-likeness (QED) is 0.774. The van der Waals surface area contributed by atoms with Gasteiger partial charge in [-0.1, -0.05) is 39.3 Å². The number of nitrogens with one attached hydrogen (secondary N) is 1. The van der Waals surface area contributed by atoms with Gasteiger partial charge in [0, 0.05) is 11.3 Å². The van der Waals surface area contributed by atoms with E-state index in [4.69, 9.17) is 4.74 Å². The summed E-state index contributed by atoms with van der Waals surface area (Å²) in [4.78, 5) is 0. The number of methoxy groups -OCH3 is 1. The van der Waals surface area contributed by atoms with Gasteiger partial charge in [0.2, 0.25) is 0 Å². The van der Waals surface area contributed by atoms with Crippen LogP contribution in [0.1, 0.15) is 38.8 Å². The zero-order valence-corrected chi connectivity index (χ0v) is 13.6. The van der Waals surface area contributed by atoms with Crippen molar-refractivity contribution in [2.24, 2.45) is 5.92 Å². The third kappa shape index (κ3) is 5.07. The van der Waals surface area contributed by atoms with Crippen LogP contribution >= 0.6 is 11.8 Å². The van der Waals surface area contributed by atoms with E-state index >= 15 is 0 Å². The SMILES string of the molecule is CCC(C)CSC(C)C(NC)c1ccc(OC)cc1. The molecule has 0 aromatic heterocycles. The van der Waals surface area contributed by atoms with Gasteiger partial charge in [-0.15, -0.1) is 0 Å². The fourth-order valence-corrected chi connectivity index (χ4v) is 3.37. The minimum atomic E-state index is 0.389. The van der Waals surface area contributed by atoms with Crippen LogP contribution in [0, 0.1) is 5.92 Å². The Hall–Kier alpha value is -0.670. The Labute approximate surface area is 122 Å². The third-order valence-electron chi connectivity index (χ3n) is 3.60. The van der Waals surface area contributed by atoms with Crippen LogP contribution in [0.4, 0.5) is 0 Å². The van der Waals surface area contributed by atoms with Crippen molar-refractivity contribution in [1.29, 1.82) is 0 Å². The first-order chi connectivity index (χ1) is 9.12. The van der Waals surface area contributed by atoms with Crippen molar-refractivity contribution < 1.29 is 4.74 Å². The molecular weight excluding hydrogens is 254 g/mol. The summed E-state index contributed by atoms with van der Waals surface area (Å²) in [7, 11) is 3.74. The van der Waals surface area contributed by atoms with Crippen LogP contribution in [-0.4, -0.2) is 25.2 Å². The predicted octanol–water partition coefficient (Wildman–Crippen LogP) is 4.12. The van der Waals surface area contributed by atoms with Gasteiger partial charge in [0.15, 0.2) is 0 Å². The van der Waals surface area contributed by atoms with Gasteiger partial charge in [-0.2, -0.15) is 11.8 Å². The van der Waals surface area contributed by atoms with E-state index in [1.54, 1.807) is 7.11 Å². The minimum absolute atomic E-state index is 0.389. The maximum atomic E-state index is 5.21. The first-order valence-electron chi connectivity index (χ1n) is 7.05. The largest absolute Gasteiger partial charge is 0.497 e. The molecule has 1 N–H and O–H groups in total. The molecule has 1 rings (SSSR count). The summed E-state index contributed by atoms with van der Waals surface area (Å²) in [6, 6.07) is 8.76. The molecule has 0 amide bonds. The lowest BCUT2D eigenvalue weighted by atomic mass is 10.0. The van der Waals surface area contributed by atoms with Crippen LogP contribution < -0.4 is 10.1 Å². The zero-order valence-electron chi connectivity index (χ0n) is 12.8. The molecule has 19 heavy (non-hydrogen) atoms. The highest BCUT2D eigenvalue weighted by Gasteiger charge is 2.18. The Morgan fingerprint density at radius 3 is 2.32 bits per heavy atom. The summed E-state index contributed by atoms with van der Waals surface area (Å²) >= 11 is 2.05. The summed E-state index contributed by atoms with van der Waals surface area (Å²) in [5.41, 5.74) is 1.33. The van der Waals surface area contributed by atoms with Crippen LogP contribution in [0.25, 0.3) is 0 Å². The second-order valence-electron chi connectivity index (χ2n) is 5.09. The Morgan fingerprint density at radius 1 is 1.21 bits per heavy atom. The van der Waals surface area contributed by atoms with E-state index < -0.39 is 0 Å². The Morgan fingerprint density at radius 2 is 1.84 bits per heavy atom. The Balaban J connectivity index is 2.64. The molecule has 108 valence electrons. The molecular formula is C16H27NOS. The number of hydrogen-bond donors (Lipinski definition) is 1. The zero-order chi connectivity index (χ0) is 14.3. The summed E-state index contributed by atoms with van der Waals surface area (Å²) < 4.78 is 5.21. The normalized spacial score (nSPS) is 15.8. The van der Waals surface area contributed by atoms with Gasteiger partial charge in [0.05, 0.1) is 7.11 Å². The first kappa shape index (κ1) is 16.4. The second kappa shape index (κ2) is 8.49. The number of benzene rings is 1. The van der Waals surface area contributed by atoms with E-state index in [2.05, 4.69) is 50.0 Å². The van der Waals surface area contributed by atoms with Gasteiger partial charge < -0.3 is 10.1 Å². The van der Waals surface area contributed by atoms with Crippen LogP contribution in [0.5, 0.6) is 5.75 Å². The Kier molecular flexibility index (Phi) is 7.32. The summed E-state index contributed by atoms with van der Waals surface area (Å²) in [5, 5.41) is 4.00. The van der Waals surface area contributed by atoms with Crippen molar-refractivity contribution in [2.75, 3.05) is 19.9 Å². The van der Waals surface area contributed by atoms with Gasteiger partial charge in [0.25, 0.3) is 0 Å². The minimum Gasteiger partial charge on any atom is -0.497 e. The predicted molar refractivity (Wildman–Crippen MR) is 86.2 cm³/mol. The van der Waals surface area contributed by atoms with Crippen molar-refractivity contribution in [3.63, 3.8) is 0 Å². The molecule has 0 aliphatic carbocycles. The number of hydrogen-bond acceptors (Lipinski definition) is 3. The van der Waals surface area contributed by atoms with Gasteiger partial charge in [-0.05, 0) is 36.4 Å². The summed E-state index contributed by atoms with van der Waals surface area (Å²) in [5.74, 6) is 2.94. The highest BCUT2D eigenvalue weighted by molar-refractivity contribution is 7.99. The molecule has 1 aromatic rings. The highest BCUT2D eigenvalue weighted by atomic mass is 32.2. The Bertz CT molecular complexity index is 352. The lowest BCUT2D eigenvalue weighted by Crippen LogP contribution is -2.26. The van der Waals surface area contributed by atoms with Gasteiger partial charge in [-0.25, -0.2) is 0 Å². The third-order valence-corrected chi connectivity index (χ3v) is 5.16. The second-order valence-corrected chi connectivity index (χ2v) is 6.50. The van der Waals surface area contributed by atoms with Crippen molar-refractivity contribution in [2.45, 2.75) is 38.5 Å².